The van der Waals surface area contributed by atoms with E-state index in [1.165, 1.54) is 0 Å². The van der Waals surface area contributed by atoms with Crippen LogP contribution in [0.5, 0.6) is 0 Å². The smallest absolute Gasteiger partial charge is 0.253 e. The highest BCUT2D eigenvalue weighted by Crippen LogP contribution is 2.30. The van der Waals surface area contributed by atoms with Gasteiger partial charge in [-0.1, -0.05) is 75.7 Å². The van der Waals surface area contributed by atoms with Crippen LogP contribution in [0.4, 0.5) is 0 Å². The van der Waals surface area contributed by atoms with Gasteiger partial charge in [0.2, 0.25) is 5.82 Å². The lowest BCUT2D eigenvalue weighted by Gasteiger charge is -2.20. The third-order valence-corrected chi connectivity index (χ3v) is 5.62. The van der Waals surface area contributed by atoms with Crippen molar-refractivity contribution in [1.82, 2.24) is 25.5 Å². The highest BCUT2D eigenvalue weighted by Gasteiger charge is 2.35. The lowest BCUT2D eigenvalue weighted by atomic mass is 9.98. The summed E-state index contributed by atoms with van der Waals surface area (Å²) in [5, 5.41) is 14.4. The van der Waals surface area contributed by atoms with Crippen molar-refractivity contribution in [1.29, 1.82) is 0 Å². The van der Waals surface area contributed by atoms with Crippen LogP contribution in [0.15, 0.2) is 53.5 Å². The maximum atomic E-state index is 13.0. The molecule has 1 atom stereocenters. The Morgan fingerprint density at radius 2 is 1.81 bits per heavy atom. The van der Waals surface area contributed by atoms with Crippen LogP contribution in [-0.4, -0.2) is 43.3 Å². The molecular formula is C24H28N6O. The fourth-order valence-electron chi connectivity index (χ4n) is 3.89. The summed E-state index contributed by atoms with van der Waals surface area (Å²) in [4.78, 5) is 19.6. The molecule has 160 valence electrons. The Morgan fingerprint density at radius 3 is 2.45 bits per heavy atom. The first kappa shape index (κ1) is 20.9. The minimum absolute atomic E-state index is 0.118. The summed E-state index contributed by atoms with van der Waals surface area (Å²) in [6.07, 6.45) is 2.97. The van der Waals surface area contributed by atoms with Crippen molar-refractivity contribution in [3.8, 4) is 22.5 Å². The van der Waals surface area contributed by atoms with Gasteiger partial charge in [-0.2, -0.15) is 5.21 Å². The van der Waals surface area contributed by atoms with E-state index >= 15 is 0 Å². The van der Waals surface area contributed by atoms with Crippen molar-refractivity contribution in [3.05, 3.63) is 54.1 Å². The first-order valence-electron chi connectivity index (χ1n) is 10.9. The topological polar surface area (TPSA) is 87.1 Å². The molecular weight excluding hydrogens is 388 g/mol. The molecule has 1 amide bonds. The number of rotatable bonds is 8. The zero-order valence-electron chi connectivity index (χ0n) is 18.2. The third-order valence-electron chi connectivity index (χ3n) is 5.62. The molecule has 31 heavy (non-hydrogen) atoms. The van der Waals surface area contributed by atoms with Gasteiger partial charge in [-0.05, 0) is 34.2 Å². The molecule has 7 nitrogen and oxygen atoms in total. The van der Waals surface area contributed by atoms with Crippen LogP contribution in [-0.2, 0) is 11.3 Å². The summed E-state index contributed by atoms with van der Waals surface area (Å²) < 4.78 is 0. The second-order valence-corrected chi connectivity index (χ2v) is 8.24. The molecule has 2 aromatic carbocycles. The molecule has 0 spiro atoms. The molecule has 0 fully saturated rings. The molecule has 0 aliphatic carbocycles. The summed E-state index contributed by atoms with van der Waals surface area (Å²) in [6.45, 7) is 6.83. The maximum Gasteiger partial charge on any atom is 0.253 e. The lowest BCUT2D eigenvalue weighted by molar-refractivity contribution is -0.128. The van der Waals surface area contributed by atoms with E-state index in [2.05, 4.69) is 65.7 Å². The van der Waals surface area contributed by atoms with E-state index in [-0.39, 0.29) is 17.9 Å². The van der Waals surface area contributed by atoms with E-state index in [0.29, 0.717) is 12.4 Å². The Morgan fingerprint density at radius 1 is 1.06 bits per heavy atom. The number of amidine groups is 1. The molecule has 2 heterocycles. The molecule has 1 aromatic heterocycles. The van der Waals surface area contributed by atoms with E-state index < -0.39 is 0 Å². The van der Waals surface area contributed by atoms with Crippen LogP contribution in [0.1, 0.15) is 45.6 Å². The van der Waals surface area contributed by atoms with E-state index in [1.807, 2.05) is 29.2 Å². The zero-order valence-corrected chi connectivity index (χ0v) is 18.2. The SMILES string of the molecule is CCCCC1=NC(C(C)C)C(=O)N1Cc1ccc(-c2ccccc2-c2nn[nH]n2)cc1. The van der Waals surface area contributed by atoms with Crippen LogP contribution in [0.25, 0.3) is 22.5 Å². The van der Waals surface area contributed by atoms with E-state index in [0.717, 1.165) is 47.4 Å². The van der Waals surface area contributed by atoms with Gasteiger partial charge in [-0.3, -0.25) is 14.7 Å². The van der Waals surface area contributed by atoms with Gasteiger partial charge >= 0.3 is 0 Å². The molecule has 7 heteroatoms. The van der Waals surface area contributed by atoms with E-state index in [1.54, 1.807) is 0 Å². The highest BCUT2D eigenvalue weighted by molar-refractivity contribution is 6.05. The van der Waals surface area contributed by atoms with Crippen LogP contribution >= 0.6 is 0 Å². The monoisotopic (exact) mass is 416 g/mol. The van der Waals surface area contributed by atoms with Gasteiger partial charge in [0, 0.05) is 12.0 Å². The standard InChI is InChI=1S/C24H28N6O/c1-4-5-10-21-25-22(16(2)3)24(31)30(21)15-17-11-13-18(14-12-17)19-8-6-7-9-20(19)23-26-28-29-27-23/h6-9,11-14,16,22H,4-5,10,15H2,1-3H3,(H,26,27,28,29). The van der Waals surface area contributed by atoms with Gasteiger partial charge in [0.05, 0.1) is 6.54 Å². The fourth-order valence-corrected chi connectivity index (χ4v) is 3.89. The maximum absolute atomic E-state index is 13.0. The first-order valence-corrected chi connectivity index (χ1v) is 10.9. The summed E-state index contributed by atoms with van der Waals surface area (Å²) in [7, 11) is 0. The number of aromatic nitrogens is 4. The Bertz CT molecular complexity index is 1060. The zero-order chi connectivity index (χ0) is 21.8. The van der Waals surface area contributed by atoms with Crippen LogP contribution in [0.2, 0.25) is 0 Å². The molecule has 1 unspecified atom stereocenters. The van der Waals surface area contributed by atoms with Gasteiger partial charge in [0.1, 0.15) is 11.9 Å². The first-order chi connectivity index (χ1) is 15.1. The number of nitrogens with one attached hydrogen (secondary N) is 1. The number of nitrogens with zero attached hydrogens (tertiary/aromatic N) is 5. The van der Waals surface area contributed by atoms with Crippen molar-refractivity contribution in [2.75, 3.05) is 0 Å². The number of carbonyl (C=O) groups is 1. The van der Waals surface area contributed by atoms with Gasteiger partial charge in [0.15, 0.2) is 0 Å². The molecule has 1 aliphatic rings. The average Bonchev–Trinajstić information content (AvgIpc) is 3.42. The predicted molar refractivity (Wildman–Crippen MR) is 121 cm³/mol. The highest BCUT2D eigenvalue weighted by atomic mass is 16.2. The fraction of sp³-hybridized carbons (Fsp3) is 0.375. The van der Waals surface area contributed by atoms with Crippen molar-refractivity contribution < 1.29 is 4.79 Å². The number of hydrogen-bond donors (Lipinski definition) is 1. The van der Waals surface area contributed by atoms with E-state index in [9.17, 15) is 4.79 Å². The van der Waals surface area contributed by atoms with Gasteiger partial charge in [0.25, 0.3) is 5.91 Å². The quantitative estimate of drug-likeness (QED) is 0.586. The molecule has 0 saturated carbocycles. The number of H-pyrrole nitrogens is 1. The number of carbonyl (C=O) groups excluding carboxylic acids is 1. The summed E-state index contributed by atoms with van der Waals surface area (Å²) >= 11 is 0. The number of benzene rings is 2. The van der Waals surface area contributed by atoms with Gasteiger partial charge in [-0.15, -0.1) is 10.2 Å². The second-order valence-electron chi connectivity index (χ2n) is 8.24. The number of amides is 1. The van der Waals surface area contributed by atoms with Crippen molar-refractivity contribution in [2.45, 2.75) is 52.6 Å². The van der Waals surface area contributed by atoms with Crippen LogP contribution in [0.3, 0.4) is 0 Å². The van der Waals surface area contributed by atoms with Crippen molar-refractivity contribution >= 4 is 11.7 Å². The van der Waals surface area contributed by atoms with Crippen LogP contribution < -0.4 is 0 Å². The predicted octanol–water partition coefficient (Wildman–Crippen LogP) is 4.49. The van der Waals surface area contributed by atoms with Gasteiger partial charge < -0.3 is 0 Å². The Kier molecular flexibility index (Phi) is 6.21. The van der Waals surface area contributed by atoms with Gasteiger partial charge in [-0.25, -0.2) is 0 Å². The number of unbranched alkanes of at least 4 members (excludes halogenated alkanes) is 1. The Hall–Kier alpha value is -3.35. The van der Waals surface area contributed by atoms with E-state index in [4.69, 9.17) is 4.99 Å². The molecule has 1 aliphatic heterocycles. The molecule has 0 radical (unpaired) electrons. The third kappa shape index (κ3) is 4.40. The largest absolute Gasteiger partial charge is 0.294 e. The Labute approximate surface area is 182 Å². The average molecular weight is 417 g/mol. The summed E-state index contributed by atoms with van der Waals surface area (Å²) in [5.74, 6) is 1.82. The normalized spacial score (nSPS) is 16.3. The summed E-state index contributed by atoms with van der Waals surface area (Å²) in [5.41, 5.74) is 4.12. The Balaban J connectivity index is 1.56. The van der Waals surface area contributed by atoms with Crippen molar-refractivity contribution in [2.24, 2.45) is 10.9 Å². The molecule has 4 rings (SSSR count). The summed E-state index contributed by atoms with van der Waals surface area (Å²) in [6, 6.07) is 16.1. The number of aromatic amines is 1. The number of tetrazole rings is 1. The van der Waals surface area contributed by atoms with Crippen LogP contribution in [0, 0.1) is 5.92 Å². The molecule has 0 bridgehead atoms. The molecule has 3 aromatic rings. The lowest BCUT2D eigenvalue weighted by Crippen LogP contribution is -2.36. The minimum atomic E-state index is -0.257. The minimum Gasteiger partial charge on any atom is -0.294 e. The van der Waals surface area contributed by atoms with Crippen molar-refractivity contribution in [3.63, 3.8) is 0 Å². The second kappa shape index (κ2) is 9.20. The number of hydrogen-bond acceptors (Lipinski definition) is 5. The molecule has 1 N–H and O–H groups in total. The number of aliphatic imine (C=N–C) groups is 1. The molecule has 0 saturated heterocycles.